The Labute approximate surface area is 162 Å². The monoisotopic (exact) mass is 377 g/mol. The standard InChI is InChI=1S/C21H19N3O4/c1-14(23-24-20(25)17-9-3-4-10-18(17)27-2)15-7-5-8-16(13-15)22-21(26)19-11-6-12-28-19/h3-13H,1-2H3,(H,22,26)(H,24,25). The number of benzene rings is 2. The summed E-state index contributed by atoms with van der Waals surface area (Å²) in [6, 6.07) is 17.3. The van der Waals surface area contributed by atoms with E-state index in [1.54, 1.807) is 61.5 Å². The molecule has 142 valence electrons. The quantitative estimate of drug-likeness (QED) is 0.506. The van der Waals surface area contributed by atoms with Crippen molar-refractivity contribution >= 4 is 23.2 Å². The minimum absolute atomic E-state index is 0.222. The molecular formula is C21H19N3O4. The Morgan fingerprint density at radius 1 is 1.00 bits per heavy atom. The Kier molecular flexibility index (Phi) is 5.86. The van der Waals surface area contributed by atoms with Crippen LogP contribution in [0.5, 0.6) is 5.75 Å². The van der Waals surface area contributed by atoms with Crippen molar-refractivity contribution in [1.29, 1.82) is 0 Å². The molecule has 3 rings (SSSR count). The van der Waals surface area contributed by atoms with Crippen LogP contribution >= 0.6 is 0 Å². The Morgan fingerprint density at radius 3 is 2.57 bits per heavy atom. The summed E-state index contributed by atoms with van der Waals surface area (Å²) in [5.41, 5.74) is 4.83. The topological polar surface area (TPSA) is 92.9 Å². The summed E-state index contributed by atoms with van der Waals surface area (Å²) in [7, 11) is 1.50. The Morgan fingerprint density at radius 2 is 1.82 bits per heavy atom. The van der Waals surface area contributed by atoms with Gasteiger partial charge in [-0.05, 0) is 48.9 Å². The van der Waals surface area contributed by atoms with Gasteiger partial charge in [-0.2, -0.15) is 5.10 Å². The number of nitrogens with one attached hydrogen (secondary N) is 2. The van der Waals surface area contributed by atoms with Crippen molar-refractivity contribution in [2.24, 2.45) is 5.10 Å². The third kappa shape index (κ3) is 4.45. The molecule has 1 heterocycles. The molecule has 0 aliphatic rings. The van der Waals surface area contributed by atoms with E-state index >= 15 is 0 Å². The second-order valence-corrected chi connectivity index (χ2v) is 5.85. The maximum absolute atomic E-state index is 12.3. The average molecular weight is 377 g/mol. The smallest absolute Gasteiger partial charge is 0.291 e. The van der Waals surface area contributed by atoms with Crippen LogP contribution in [0.25, 0.3) is 0 Å². The summed E-state index contributed by atoms with van der Waals surface area (Å²) in [6.07, 6.45) is 1.44. The average Bonchev–Trinajstić information content (AvgIpc) is 3.27. The maximum atomic E-state index is 12.3. The lowest BCUT2D eigenvalue weighted by Gasteiger charge is -2.08. The van der Waals surface area contributed by atoms with Crippen molar-refractivity contribution in [2.75, 3.05) is 12.4 Å². The molecule has 2 amide bonds. The van der Waals surface area contributed by atoms with Crippen LogP contribution in [0.3, 0.4) is 0 Å². The van der Waals surface area contributed by atoms with Crippen LogP contribution in [0.15, 0.2) is 76.4 Å². The molecule has 0 spiro atoms. The maximum Gasteiger partial charge on any atom is 0.291 e. The van der Waals surface area contributed by atoms with E-state index in [4.69, 9.17) is 9.15 Å². The summed E-state index contributed by atoms with van der Waals surface area (Å²) in [5, 5.41) is 6.90. The largest absolute Gasteiger partial charge is 0.496 e. The number of hydrogen-bond donors (Lipinski definition) is 2. The van der Waals surface area contributed by atoms with Crippen molar-refractivity contribution < 1.29 is 18.7 Å². The zero-order valence-corrected chi connectivity index (χ0v) is 15.4. The summed E-state index contributed by atoms with van der Waals surface area (Å²) in [4.78, 5) is 24.4. The van der Waals surface area contributed by atoms with Crippen molar-refractivity contribution in [3.05, 3.63) is 83.8 Å². The number of anilines is 1. The minimum Gasteiger partial charge on any atom is -0.496 e. The number of rotatable bonds is 6. The highest BCUT2D eigenvalue weighted by Crippen LogP contribution is 2.17. The van der Waals surface area contributed by atoms with E-state index in [0.29, 0.717) is 22.7 Å². The molecule has 2 N–H and O–H groups in total. The molecule has 0 aliphatic heterocycles. The predicted molar refractivity (Wildman–Crippen MR) is 106 cm³/mol. The van der Waals surface area contributed by atoms with Crippen LogP contribution in [-0.4, -0.2) is 24.6 Å². The normalized spacial score (nSPS) is 11.0. The molecule has 0 aliphatic carbocycles. The van der Waals surface area contributed by atoms with E-state index in [1.807, 2.05) is 6.07 Å². The lowest BCUT2D eigenvalue weighted by atomic mass is 10.1. The lowest BCUT2D eigenvalue weighted by Crippen LogP contribution is -2.20. The Bertz CT molecular complexity index is 1010. The van der Waals surface area contributed by atoms with Gasteiger partial charge in [0.2, 0.25) is 0 Å². The molecule has 0 radical (unpaired) electrons. The number of furan rings is 1. The number of hydrazone groups is 1. The highest BCUT2D eigenvalue weighted by Gasteiger charge is 2.12. The van der Waals surface area contributed by atoms with Gasteiger partial charge >= 0.3 is 0 Å². The molecule has 3 aromatic rings. The van der Waals surface area contributed by atoms with Crippen LogP contribution in [0.1, 0.15) is 33.4 Å². The fourth-order valence-corrected chi connectivity index (χ4v) is 2.51. The van der Waals surface area contributed by atoms with E-state index in [-0.39, 0.29) is 17.6 Å². The highest BCUT2D eigenvalue weighted by molar-refractivity contribution is 6.05. The van der Waals surface area contributed by atoms with Gasteiger partial charge in [0.1, 0.15) is 5.75 Å². The van der Waals surface area contributed by atoms with Gasteiger partial charge < -0.3 is 14.5 Å². The van der Waals surface area contributed by atoms with E-state index < -0.39 is 0 Å². The SMILES string of the molecule is COc1ccccc1C(=O)NN=C(C)c1cccc(NC(=O)c2ccco2)c1. The van der Waals surface area contributed by atoms with Crippen molar-refractivity contribution in [1.82, 2.24) is 5.43 Å². The number of para-hydroxylation sites is 1. The molecule has 7 nitrogen and oxygen atoms in total. The first kappa shape index (κ1) is 18.9. The third-order valence-corrected chi connectivity index (χ3v) is 3.96. The molecule has 28 heavy (non-hydrogen) atoms. The first-order valence-electron chi connectivity index (χ1n) is 8.51. The second kappa shape index (κ2) is 8.68. The van der Waals surface area contributed by atoms with E-state index in [1.165, 1.54) is 13.4 Å². The van der Waals surface area contributed by atoms with E-state index in [0.717, 1.165) is 5.56 Å². The number of ether oxygens (including phenoxy) is 1. The van der Waals surface area contributed by atoms with E-state index in [2.05, 4.69) is 15.8 Å². The highest BCUT2D eigenvalue weighted by atomic mass is 16.5. The number of carbonyl (C=O) groups excluding carboxylic acids is 2. The van der Waals surface area contributed by atoms with Crippen LogP contribution < -0.4 is 15.5 Å². The molecular weight excluding hydrogens is 358 g/mol. The zero-order chi connectivity index (χ0) is 19.9. The predicted octanol–water partition coefficient (Wildman–Crippen LogP) is 3.69. The number of amides is 2. The van der Waals surface area contributed by atoms with Gasteiger partial charge in [0.25, 0.3) is 11.8 Å². The van der Waals surface area contributed by atoms with Gasteiger partial charge in [-0.15, -0.1) is 0 Å². The molecule has 1 aromatic heterocycles. The van der Waals surface area contributed by atoms with Crippen LogP contribution in [0, 0.1) is 0 Å². The molecule has 0 bridgehead atoms. The number of nitrogens with zero attached hydrogens (tertiary/aromatic N) is 1. The fraction of sp³-hybridized carbons (Fsp3) is 0.0952. The molecule has 2 aromatic carbocycles. The van der Waals surface area contributed by atoms with Crippen LogP contribution in [-0.2, 0) is 0 Å². The van der Waals surface area contributed by atoms with Gasteiger partial charge in [-0.25, -0.2) is 5.43 Å². The van der Waals surface area contributed by atoms with Crippen molar-refractivity contribution in [3.8, 4) is 5.75 Å². The number of hydrogen-bond acceptors (Lipinski definition) is 5. The lowest BCUT2D eigenvalue weighted by molar-refractivity contribution is 0.0950. The summed E-state index contributed by atoms with van der Waals surface area (Å²) >= 11 is 0. The van der Waals surface area contributed by atoms with Gasteiger partial charge in [0.15, 0.2) is 5.76 Å². The molecule has 0 saturated heterocycles. The van der Waals surface area contributed by atoms with Crippen LogP contribution in [0.4, 0.5) is 5.69 Å². The Balaban J connectivity index is 1.70. The molecule has 0 saturated carbocycles. The summed E-state index contributed by atoms with van der Waals surface area (Å²) < 4.78 is 10.3. The van der Waals surface area contributed by atoms with Gasteiger partial charge in [0, 0.05) is 5.69 Å². The summed E-state index contributed by atoms with van der Waals surface area (Å²) in [6.45, 7) is 1.76. The van der Waals surface area contributed by atoms with Gasteiger partial charge in [-0.1, -0.05) is 24.3 Å². The van der Waals surface area contributed by atoms with Gasteiger partial charge in [0.05, 0.1) is 24.6 Å². The summed E-state index contributed by atoms with van der Waals surface area (Å²) in [5.74, 6) is -0.0318. The number of carbonyl (C=O) groups is 2. The van der Waals surface area contributed by atoms with E-state index in [9.17, 15) is 9.59 Å². The molecule has 7 heteroatoms. The first-order valence-corrected chi connectivity index (χ1v) is 8.51. The third-order valence-electron chi connectivity index (χ3n) is 3.96. The van der Waals surface area contributed by atoms with Crippen LogP contribution in [0.2, 0.25) is 0 Å². The van der Waals surface area contributed by atoms with Crippen molar-refractivity contribution in [3.63, 3.8) is 0 Å². The molecule has 0 fully saturated rings. The first-order chi connectivity index (χ1) is 13.6. The van der Waals surface area contributed by atoms with Crippen molar-refractivity contribution in [2.45, 2.75) is 6.92 Å². The molecule has 0 atom stereocenters. The zero-order valence-electron chi connectivity index (χ0n) is 15.4. The van der Waals surface area contributed by atoms with Gasteiger partial charge in [-0.3, -0.25) is 9.59 Å². The minimum atomic E-state index is -0.376. The second-order valence-electron chi connectivity index (χ2n) is 5.85. The fourth-order valence-electron chi connectivity index (χ4n) is 2.51. The number of methoxy groups -OCH3 is 1. The molecule has 0 unspecified atom stereocenters. The Hall–Kier alpha value is -3.87.